The highest BCUT2D eigenvalue weighted by Crippen LogP contribution is 2.66. The number of aliphatic imine (C=N–C) groups is 2. The van der Waals surface area contributed by atoms with E-state index in [2.05, 4.69) is 53.9 Å². The van der Waals surface area contributed by atoms with E-state index in [1.54, 1.807) is 10.7 Å². The van der Waals surface area contributed by atoms with Crippen LogP contribution < -0.4 is 22.2 Å². The lowest BCUT2D eigenvalue weighted by Crippen LogP contribution is -2.43. The molecular weight excluding hydrogens is 849 g/mol. The number of phosphoric acid groups is 3. The maximum Gasteiger partial charge on any atom is 0.490 e. The van der Waals surface area contributed by atoms with Crippen molar-refractivity contribution >= 4 is 69.8 Å². The van der Waals surface area contributed by atoms with Gasteiger partial charge in [0.2, 0.25) is 0 Å². The van der Waals surface area contributed by atoms with Gasteiger partial charge in [0.05, 0.1) is 35.6 Å². The molecule has 8 heterocycles. The SMILES string of the molecule is C[C@@]1(O)[C@H](O)[C@@H](CO)O[C@H]1c1cc2[nH]c(=O)nc3c2n1NC=N3.C[C@@]1(O)[C@H](O)[C@@H](COP(=O)(O)OP(=O)(O)OP(=O)(O)O)O[C@H]1c1cc2[nH]c(=O)nc3c2n1NC=N3. The number of nitrogens with one attached hydrogen (secondary N) is 4. The van der Waals surface area contributed by atoms with Crippen molar-refractivity contribution in [1.29, 1.82) is 0 Å². The number of phosphoric ester groups is 1. The van der Waals surface area contributed by atoms with Crippen molar-refractivity contribution in [3.63, 3.8) is 0 Å². The number of rotatable bonds is 10. The Balaban J connectivity index is 0.000000192. The summed E-state index contributed by atoms with van der Waals surface area (Å²) in [6.45, 7) is 1.21. The summed E-state index contributed by atoms with van der Waals surface area (Å²) in [7, 11) is -16.8. The highest BCUT2D eigenvalue weighted by Gasteiger charge is 2.56. The Labute approximate surface area is 320 Å². The van der Waals surface area contributed by atoms with Crippen LogP contribution in [0.2, 0.25) is 0 Å². The smallest absolute Gasteiger partial charge is 0.394 e. The lowest BCUT2D eigenvalue weighted by atomic mass is 9.91. The monoisotopic (exact) mass is 882 g/mol. The number of H-pyrrole nitrogens is 2. The standard InChI is InChI=1S/C13H18N5O14P3.C13H15N5O5/c1-13(21)9(19)7(3-29-34(25,26)32-35(27,28)31-33(22,23)24)30-10(13)6-2-5-8-11(17-12(20)16-5)14-4-15-18(6)8;1-13(22)9(20)7(3-19)23-10(13)6-2-5-8-11(17-12(21)16-5)14-4-15-18(6)8/h2,4,7,9-10,19,21H,3H2,1H3,(H,25,26)(H,27,28)(H2,22,23,24)(H2,14,15,16,17,20);2,4,7,9-10,19-20,22H,3H2,1H3,(H2,14,15,16,17,21)/t2*7-,9-,10+,13-/m11/s1. The van der Waals surface area contributed by atoms with Crippen molar-refractivity contribution in [3.05, 3.63) is 44.5 Å². The van der Waals surface area contributed by atoms with Gasteiger partial charge in [-0.25, -0.2) is 33.3 Å². The second-order valence-corrected chi connectivity index (χ2v) is 17.8. The first-order chi connectivity index (χ1) is 26.9. The Morgan fingerprint density at radius 3 is 1.64 bits per heavy atom. The summed E-state index contributed by atoms with van der Waals surface area (Å²) < 4.78 is 60.0. The van der Waals surface area contributed by atoms with E-state index in [1.807, 2.05) is 0 Å². The number of aliphatic hydroxyl groups excluding tert-OH is 3. The molecule has 0 bridgehead atoms. The third-order valence-electron chi connectivity index (χ3n) is 9.25. The van der Waals surface area contributed by atoms with Gasteiger partial charge in [0, 0.05) is 0 Å². The molecule has 2 saturated heterocycles. The summed E-state index contributed by atoms with van der Waals surface area (Å²) in [6.07, 6.45) is -5.09. The number of nitrogens with zero attached hydrogens (tertiary/aromatic N) is 6. The highest BCUT2D eigenvalue weighted by atomic mass is 31.3. The minimum atomic E-state index is -5.74. The van der Waals surface area contributed by atoms with Gasteiger partial charge < -0.3 is 64.5 Å². The zero-order chi connectivity index (χ0) is 42.3. The van der Waals surface area contributed by atoms with Crippen LogP contribution in [0.5, 0.6) is 0 Å². The fraction of sp³-hybridized carbons (Fsp3) is 0.462. The minimum Gasteiger partial charge on any atom is -0.394 e. The molecule has 8 rings (SSSR count). The van der Waals surface area contributed by atoms with Crippen LogP contribution in [0.1, 0.15) is 37.4 Å². The first kappa shape index (κ1) is 42.0. The van der Waals surface area contributed by atoms with Crippen molar-refractivity contribution in [2.24, 2.45) is 9.98 Å². The second kappa shape index (κ2) is 14.6. The van der Waals surface area contributed by atoms with Gasteiger partial charge in [-0.2, -0.15) is 18.6 Å². The molecule has 316 valence electrons. The molecule has 4 aliphatic heterocycles. The Morgan fingerprint density at radius 1 is 0.759 bits per heavy atom. The molecule has 4 aromatic rings. The molecule has 0 aliphatic carbocycles. The van der Waals surface area contributed by atoms with Gasteiger partial charge in [0.15, 0.2) is 11.6 Å². The Morgan fingerprint density at radius 2 is 1.21 bits per heavy atom. The van der Waals surface area contributed by atoms with E-state index in [0.717, 1.165) is 0 Å². The molecule has 4 aliphatic rings. The van der Waals surface area contributed by atoms with Crippen molar-refractivity contribution in [2.45, 2.75) is 61.7 Å². The molecule has 0 saturated carbocycles. The van der Waals surface area contributed by atoms with Gasteiger partial charge >= 0.3 is 34.8 Å². The van der Waals surface area contributed by atoms with Crippen LogP contribution in [0.15, 0.2) is 31.7 Å². The quantitative estimate of drug-likeness (QED) is 0.0722. The Kier molecular flexibility index (Phi) is 10.6. The number of ether oxygens (including phenoxy) is 2. The molecule has 29 nitrogen and oxygen atoms in total. The van der Waals surface area contributed by atoms with Crippen LogP contribution in [0.3, 0.4) is 0 Å². The lowest BCUT2D eigenvalue weighted by Gasteiger charge is -2.27. The maximum atomic E-state index is 12.0. The van der Waals surface area contributed by atoms with Crippen LogP contribution in [0.4, 0.5) is 11.6 Å². The predicted octanol–water partition coefficient (Wildman–Crippen LogP) is -2.68. The molecule has 10 atom stereocenters. The highest BCUT2D eigenvalue weighted by molar-refractivity contribution is 7.66. The second-order valence-electron chi connectivity index (χ2n) is 13.4. The number of aromatic amines is 2. The number of aliphatic hydroxyl groups is 5. The van der Waals surface area contributed by atoms with Crippen LogP contribution in [0.25, 0.3) is 22.1 Å². The molecule has 2 unspecified atom stereocenters. The lowest BCUT2D eigenvalue weighted by molar-refractivity contribution is -0.0665. The zero-order valence-electron chi connectivity index (χ0n) is 29.3. The average molecular weight is 883 g/mol. The van der Waals surface area contributed by atoms with Gasteiger partial charge in [-0.1, -0.05) is 0 Å². The Hall–Kier alpha value is -4.09. The fourth-order valence-electron chi connectivity index (χ4n) is 6.74. The molecule has 4 aromatic heterocycles. The first-order valence-electron chi connectivity index (χ1n) is 16.3. The normalized spacial score (nSPS) is 30.7. The molecule has 0 spiro atoms. The van der Waals surface area contributed by atoms with E-state index < -0.39 is 95.9 Å². The van der Waals surface area contributed by atoms with E-state index >= 15 is 0 Å². The molecular formula is C26H33N10O19P3. The Bertz CT molecular complexity index is 2620. The maximum absolute atomic E-state index is 12.0. The molecule has 13 N–H and O–H groups in total. The van der Waals surface area contributed by atoms with Gasteiger partial charge in [0.25, 0.3) is 0 Å². The summed E-state index contributed by atoms with van der Waals surface area (Å²) in [5, 5.41) is 51.5. The van der Waals surface area contributed by atoms with Crippen molar-refractivity contribution < 1.29 is 81.4 Å². The average Bonchev–Trinajstić information content (AvgIpc) is 3.78. The van der Waals surface area contributed by atoms with Gasteiger partial charge in [-0.15, -0.1) is 0 Å². The predicted molar refractivity (Wildman–Crippen MR) is 191 cm³/mol. The summed E-state index contributed by atoms with van der Waals surface area (Å²) in [5.41, 5.74) is 3.00. The first-order valence-corrected chi connectivity index (χ1v) is 20.8. The molecule has 2 fully saturated rings. The third-order valence-corrected chi connectivity index (χ3v) is 13.1. The van der Waals surface area contributed by atoms with Gasteiger partial charge in [0.1, 0.15) is 71.5 Å². The molecule has 0 radical (unpaired) electrons. The van der Waals surface area contributed by atoms with Crippen LogP contribution in [0, 0.1) is 0 Å². The van der Waals surface area contributed by atoms with E-state index in [4.69, 9.17) is 19.3 Å². The third kappa shape index (κ3) is 7.73. The molecule has 58 heavy (non-hydrogen) atoms. The molecule has 0 amide bonds. The van der Waals surface area contributed by atoms with Gasteiger partial charge in [-0.05, 0) is 26.0 Å². The summed E-state index contributed by atoms with van der Waals surface area (Å²) in [5.74, 6) is 0.307. The van der Waals surface area contributed by atoms with E-state index in [9.17, 15) is 58.6 Å². The summed E-state index contributed by atoms with van der Waals surface area (Å²) >= 11 is 0. The van der Waals surface area contributed by atoms with Crippen molar-refractivity contribution in [3.8, 4) is 0 Å². The number of hydrogen-bond acceptors (Lipinski definition) is 21. The van der Waals surface area contributed by atoms with Crippen molar-refractivity contribution in [2.75, 3.05) is 24.1 Å². The minimum absolute atomic E-state index is 0.0659. The van der Waals surface area contributed by atoms with E-state index in [1.165, 1.54) is 37.3 Å². The fourth-order valence-corrected chi connectivity index (χ4v) is 9.77. The van der Waals surface area contributed by atoms with E-state index in [-0.39, 0.29) is 22.8 Å². The topological polar surface area (TPSA) is 430 Å². The summed E-state index contributed by atoms with van der Waals surface area (Å²) in [6, 6.07) is 3.04. The van der Waals surface area contributed by atoms with E-state index in [0.29, 0.717) is 22.2 Å². The van der Waals surface area contributed by atoms with Crippen molar-refractivity contribution in [1.82, 2.24) is 29.3 Å². The summed E-state index contributed by atoms with van der Waals surface area (Å²) in [4.78, 5) is 79.9. The van der Waals surface area contributed by atoms with Crippen LogP contribution >= 0.6 is 23.5 Å². The molecule has 0 aromatic carbocycles. The number of hydrogen-bond donors (Lipinski definition) is 13. The zero-order valence-corrected chi connectivity index (χ0v) is 32.0. The largest absolute Gasteiger partial charge is 0.490 e. The molecule has 32 heteroatoms. The van der Waals surface area contributed by atoms with Gasteiger partial charge in [-0.3, -0.25) is 24.7 Å². The van der Waals surface area contributed by atoms with Crippen LogP contribution in [-0.2, 0) is 36.3 Å². The number of aromatic nitrogens is 6. The van der Waals surface area contributed by atoms with Crippen LogP contribution in [-0.4, -0.2) is 136 Å².